The van der Waals surface area contributed by atoms with Gasteiger partial charge in [-0.15, -0.1) is 0 Å². The normalized spacial score (nSPS) is 11.9. The van der Waals surface area contributed by atoms with Gasteiger partial charge in [-0.2, -0.15) is 0 Å². The molecule has 0 radical (unpaired) electrons. The Morgan fingerprint density at radius 2 is 0.821 bits per heavy atom. The van der Waals surface area contributed by atoms with Gasteiger partial charge in [-0.1, -0.05) is 164 Å². The molecular weight excluding hydrogens is 685 g/mol. The Kier molecular flexibility index (Phi) is 7.38. The van der Waals surface area contributed by atoms with Gasteiger partial charge in [0.25, 0.3) is 0 Å². The van der Waals surface area contributed by atoms with Crippen LogP contribution in [0.5, 0.6) is 0 Å². The fourth-order valence-electron chi connectivity index (χ4n) is 7.89. The molecule has 2 aromatic heterocycles. The first-order valence-corrected chi connectivity index (χ1v) is 18.7. The molecule has 0 fully saturated rings. The van der Waals surface area contributed by atoms with E-state index in [1.54, 1.807) is 0 Å². The average Bonchev–Trinajstić information content (AvgIpc) is 3.61. The van der Waals surface area contributed by atoms with Gasteiger partial charge in [-0.05, 0) is 46.8 Å². The highest BCUT2D eigenvalue weighted by molar-refractivity contribution is 6.07. The molecule has 0 spiro atoms. The number of anilines is 3. The molecule has 0 N–H and O–H groups in total. The standard InChI is InChI=1S/C50H32N6/c1-3-14-36(15-4-1)47-52-48(37-16-5-2-6-17-37)54-49(53-47)38-25-23-33(24-26-38)34-27-30-39(31-28-34)55-43-21-11-9-19-41(43)42-20-10-12-22-44(42)56-45-32-29-35-13-7-8-18-40(35)46(45)51-50(55)56/h1-32H. The molecule has 56 heavy (non-hydrogen) atoms. The minimum atomic E-state index is 0.635. The quantitative estimate of drug-likeness (QED) is 0.177. The molecule has 1 aliphatic rings. The fraction of sp³-hybridized carbons (Fsp3) is 0. The van der Waals surface area contributed by atoms with Crippen molar-refractivity contribution in [3.8, 4) is 62.1 Å². The summed E-state index contributed by atoms with van der Waals surface area (Å²) >= 11 is 0. The van der Waals surface area contributed by atoms with E-state index in [9.17, 15) is 0 Å². The topological polar surface area (TPSA) is 59.7 Å². The van der Waals surface area contributed by atoms with Crippen molar-refractivity contribution < 1.29 is 0 Å². The highest BCUT2D eigenvalue weighted by Gasteiger charge is 2.29. The zero-order valence-corrected chi connectivity index (χ0v) is 30.2. The third kappa shape index (κ3) is 5.27. The Balaban J connectivity index is 0.995. The summed E-state index contributed by atoms with van der Waals surface area (Å²) in [5.74, 6) is 2.78. The summed E-state index contributed by atoms with van der Waals surface area (Å²) in [5.41, 5.74) is 12.6. The number of aromatic nitrogens is 5. The average molecular weight is 717 g/mol. The van der Waals surface area contributed by atoms with E-state index in [-0.39, 0.29) is 0 Å². The van der Waals surface area contributed by atoms with Crippen LogP contribution in [0.25, 0.3) is 83.9 Å². The minimum absolute atomic E-state index is 0.635. The number of imidazole rings is 1. The molecule has 0 atom stereocenters. The maximum Gasteiger partial charge on any atom is 0.220 e. The maximum absolute atomic E-state index is 5.44. The van der Waals surface area contributed by atoms with Crippen molar-refractivity contribution in [1.82, 2.24) is 24.5 Å². The summed E-state index contributed by atoms with van der Waals surface area (Å²) in [4.78, 5) is 22.4. The number of hydrogen-bond acceptors (Lipinski definition) is 5. The summed E-state index contributed by atoms with van der Waals surface area (Å²) in [5, 5.41) is 2.31. The van der Waals surface area contributed by atoms with E-state index >= 15 is 0 Å². The van der Waals surface area contributed by atoms with Crippen molar-refractivity contribution in [1.29, 1.82) is 0 Å². The van der Waals surface area contributed by atoms with Crippen LogP contribution in [0.3, 0.4) is 0 Å². The molecule has 262 valence electrons. The Labute approximate surface area is 323 Å². The second-order valence-corrected chi connectivity index (χ2v) is 13.9. The molecule has 1 aliphatic heterocycles. The van der Waals surface area contributed by atoms with Gasteiger partial charge in [-0.3, -0.25) is 9.47 Å². The molecule has 11 rings (SSSR count). The molecule has 0 saturated carbocycles. The van der Waals surface area contributed by atoms with Crippen LogP contribution in [0.15, 0.2) is 194 Å². The summed E-state index contributed by atoms with van der Waals surface area (Å²) in [6.07, 6.45) is 0. The smallest absolute Gasteiger partial charge is 0.220 e. The highest BCUT2D eigenvalue weighted by Crippen LogP contribution is 2.48. The number of rotatable bonds is 5. The first kappa shape index (κ1) is 31.8. The van der Waals surface area contributed by atoms with Crippen LogP contribution in [-0.2, 0) is 0 Å². The minimum Gasteiger partial charge on any atom is -0.280 e. The molecule has 6 heteroatoms. The number of para-hydroxylation sites is 2. The van der Waals surface area contributed by atoms with Crippen molar-refractivity contribution in [3.05, 3.63) is 194 Å². The molecule has 8 aromatic carbocycles. The van der Waals surface area contributed by atoms with Crippen molar-refractivity contribution in [3.63, 3.8) is 0 Å². The van der Waals surface area contributed by atoms with Gasteiger partial charge < -0.3 is 0 Å². The first-order chi connectivity index (χ1) is 27.8. The monoisotopic (exact) mass is 716 g/mol. The van der Waals surface area contributed by atoms with Gasteiger partial charge in [-0.25, -0.2) is 19.9 Å². The predicted molar refractivity (Wildman–Crippen MR) is 227 cm³/mol. The van der Waals surface area contributed by atoms with Crippen LogP contribution in [0, 0.1) is 0 Å². The molecule has 0 aliphatic carbocycles. The molecule has 0 unspecified atom stereocenters. The van der Waals surface area contributed by atoms with Crippen LogP contribution in [0.1, 0.15) is 0 Å². The van der Waals surface area contributed by atoms with E-state index in [4.69, 9.17) is 19.9 Å². The number of benzene rings is 8. The van der Waals surface area contributed by atoms with E-state index in [0.717, 1.165) is 72.8 Å². The number of hydrogen-bond donors (Lipinski definition) is 0. The van der Waals surface area contributed by atoms with Crippen LogP contribution in [0.4, 0.5) is 17.3 Å². The van der Waals surface area contributed by atoms with E-state index in [1.807, 2.05) is 60.7 Å². The van der Waals surface area contributed by atoms with Crippen LogP contribution in [0.2, 0.25) is 0 Å². The number of nitrogens with zero attached hydrogens (tertiary/aromatic N) is 6. The second-order valence-electron chi connectivity index (χ2n) is 13.9. The molecular formula is C50H32N6. The van der Waals surface area contributed by atoms with Crippen molar-refractivity contribution >= 4 is 39.1 Å². The van der Waals surface area contributed by atoms with Gasteiger partial charge in [0.15, 0.2) is 17.5 Å². The number of fused-ring (bicyclic) bond motifs is 9. The van der Waals surface area contributed by atoms with Gasteiger partial charge in [0, 0.05) is 38.9 Å². The Bertz CT molecular complexity index is 3010. The van der Waals surface area contributed by atoms with Crippen molar-refractivity contribution in [2.24, 2.45) is 0 Å². The maximum atomic E-state index is 5.44. The molecule has 0 bridgehead atoms. The van der Waals surface area contributed by atoms with Crippen LogP contribution < -0.4 is 4.90 Å². The molecule has 6 nitrogen and oxygen atoms in total. The van der Waals surface area contributed by atoms with Gasteiger partial charge >= 0.3 is 0 Å². The lowest BCUT2D eigenvalue weighted by molar-refractivity contribution is 1.05. The SMILES string of the molecule is c1ccc(-c2nc(-c3ccccc3)nc(-c3ccc(-c4ccc(N5c6ccccc6-c6ccccc6-n6c5nc5c7ccccc7ccc56)cc4)cc3)n2)cc1. The predicted octanol–water partition coefficient (Wildman–Crippen LogP) is 12.5. The molecule has 0 saturated heterocycles. The summed E-state index contributed by atoms with van der Waals surface area (Å²) in [6, 6.07) is 67.5. The first-order valence-electron chi connectivity index (χ1n) is 18.7. The fourth-order valence-corrected chi connectivity index (χ4v) is 7.89. The highest BCUT2D eigenvalue weighted by atomic mass is 15.3. The van der Waals surface area contributed by atoms with Crippen LogP contribution in [-0.4, -0.2) is 24.5 Å². The summed E-state index contributed by atoms with van der Waals surface area (Å²) in [6.45, 7) is 0. The lowest BCUT2D eigenvalue weighted by atomic mass is 10.0. The summed E-state index contributed by atoms with van der Waals surface area (Å²) < 4.78 is 2.32. The molecule has 0 amide bonds. The van der Waals surface area contributed by atoms with E-state index < -0.39 is 0 Å². The second kappa shape index (κ2) is 13.0. The zero-order chi connectivity index (χ0) is 37.0. The van der Waals surface area contributed by atoms with Crippen LogP contribution >= 0.6 is 0 Å². The van der Waals surface area contributed by atoms with E-state index in [1.165, 1.54) is 10.9 Å². The van der Waals surface area contributed by atoms with E-state index in [2.05, 4.69) is 143 Å². The molecule has 3 heterocycles. The van der Waals surface area contributed by atoms with Gasteiger partial charge in [0.1, 0.15) is 0 Å². The Morgan fingerprint density at radius 3 is 1.46 bits per heavy atom. The lowest BCUT2D eigenvalue weighted by Crippen LogP contribution is -2.14. The third-order valence-corrected chi connectivity index (χ3v) is 10.6. The lowest BCUT2D eigenvalue weighted by Gasteiger charge is -2.24. The van der Waals surface area contributed by atoms with Gasteiger partial charge in [0.2, 0.25) is 5.95 Å². The van der Waals surface area contributed by atoms with E-state index in [0.29, 0.717) is 17.5 Å². The van der Waals surface area contributed by atoms with Crippen molar-refractivity contribution in [2.75, 3.05) is 4.90 Å². The largest absolute Gasteiger partial charge is 0.280 e. The molecule has 10 aromatic rings. The third-order valence-electron chi connectivity index (χ3n) is 10.6. The Hall–Kier alpha value is -7.70. The Morgan fingerprint density at radius 1 is 0.339 bits per heavy atom. The zero-order valence-electron chi connectivity index (χ0n) is 30.2. The van der Waals surface area contributed by atoms with Crippen molar-refractivity contribution in [2.45, 2.75) is 0 Å². The van der Waals surface area contributed by atoms with Gasteiger partial charge in [0.05, 0.1) is 22.4 Å². The summed E-state index contributed by atoms with van der Waals surface area (Å²) in [7, 11) is 0.